The molecule has 0 bridgehead atoms. The minimum atomic E-state index is 0.406. The van der Waals surface area contributed by atoms with Gasteiger partial charge in [0, 0.05) is 11.3 Å². The van der Waals surface area contributed by atoms with Gasteiger partial charge < -0.3 is 11.5 Å². The number of aromatic nitrogens is 2. The third-order valence-corrected chi connectivity index (χ3v) is 2.34. The monoisotopic (exact) mass is 264 g/mol. The fourth-order valence-electron chi connectivity index (χ4n) is 1.23. The van der Waals surface area contributed by atoms with Gasteiger partial charge in [0.05, 0.1) is 6.20 Å². The molecule has 15 heavy (non-hydrogen) atoms. The summed E-state index contributed by atoms with van der Waals surface area (Å²) in [6.45, 7) is 0. The van der Waals surface area contributed by atoms with E-state index < -0.39 is 0 Å². The minimum absolute atomic E-state index is 0.406. The highest BCUT2D eigenvalue weighted by molar-refractivity contribution is 9.10. The number of hydrogen-bond acceptors (Lipinski definition) is 4. The van der Waals surface area contributed by atoms with Gasteiger partial charge in [-0.3, -0.25) is 0 Å². The molecule has 0 radical (unpaired) electrons. The van der Waals surface area contributed by atoms with E-state index in [4.69, 9.17) is 11.5 Å². The number of nitrogens with two attached hydrogens (primary N) is 2. The van der Waals surface area contributed by atoms with E-state index in [0.717, 1.165) is 5.56 Å². The molecule has 4 N–H and O–H groups in total. The summed E-state index contributed by atoms with van der Waals surface area (Å²) in [5.74, 6) is 0.406. The van der Waals surface area contributed by atoms with Crippen molar-refractivity contribution in [2.75, 3.05) is 11.5 Å². The zero-order valence-corrected chi connectivity index (χ0v) is 9.40. The van der Waals surface area contributed by atoms with E-state index >= 15 is 0 Å². The van der Waals surface area contributed by atoms with E-state index in [-0.39, 0.29) is 0 Å². The lowest BCUT2D eigenvalue weighted by Gasteiger charge is -2.04. The van der Waals surface area contributed by atoms with Crippen LogP contribution < -0.4 is 11.5 Å². The smallest absolute Gasteiger partial charge is 0.150 e. The first-order valence-electron chi connectivity index (χ1n) is 4.31. The van der Waals surface area contributed by atoms with Gasteiger partial charge in [-0.05, 0) is 28.1 Å². The van der Waals surface area contributed by atoms with Crippen LogP contribution in [0, 0.1) is 0 Å². The summed E-state index contributed by atoms with van der Waals surface area (Å²) in [6.07, 6.45) is 1.57. The highest BCUT2D eigenvalue weighted by atomic mass is 79.9. The molecule has 0 amide bonds. The Hall–Kier alpha value is -1.62. The summed E-state index contributed by atoms with van der Waals surface area (Å²) >= 11 is 3.25. The molecule has 2 aromatic rings. The molecule has 0 saturated heterocycles. The lowest BCUT2D eigenvalue weighted by molar-refractivity contribution is 1.18. The van der Waals surface area contributed by atoms with Crippen LogP contribution in [0.2, 0.25) is 0 Å². The Balaban J connectivity index is 2.53. The Morgan fingerprint density at radius 3 is 2.40 bits per heavy atom. The maximum atomic E-state index is 5.73. The van der Waals surface area contributed by atoms with E-state index in [0.29, 0.717) is 21.8 Å². The number of rotatable bonds is 1. The molecule has 0 aliphatic heterocycles. The summed E-state index contributed by atoms with van der Waals surface area (Å²) < 4.78 is 0.656. The van der Waals surface area contributed by atoms with Crippen molar-refractivity contribution in [3.8, 4) is 11.3 Å². The van der Waals surface area contributed by atoms with Gasteiger partial charge in [0.15, 0.2) is 0 Å². The molecular weight excluding hydrogens is 256 g/mol. The van der Waals surface area contributed by atoms with Gasteiger partial charge in [0.2, 0.25) is 0 Å². The fraction of sp³-hybridized carbons (Fsp3) is 0. The molecule has 0 fully saturated rings. The molecule has 0 spiro atoms. The normalized spacial score (nSPS) is 10.2. The predicted octanol–water partition coefficient (Wildman–Crippen LogP) is 2.07. The molecule has 0 aliphatic carbocycles. The summed E-state index contributed by atoms with van der Waals surface area (Å²) in [5.41, 5.74) is 13.6. The highest BCUT2D eigenvalue weighted by Crippen LogP contribution is 2.24. The molecular formula is C10H9BrN4. The van der Waals surface area contributed by atoms with Crippen molar-refractivity contribution >= 4 is 27.4 Å². The lowest BCUT2D eigenvalue weighted by atomic mass is 10.1. The van der Waals surface area contributed by atoms with Crippen molar-refractivity contribution in [2.24, 2.45) is 0 Å². The van der Waals surface area contributed by atoms with E-state index in [2.05, 4.69) is 25.9 Å². The molecule has 5 heteroatoms. The Morgan fingerprint density at radius 2 is 1.73 bits per heavy atom. The van der Waals surface area contributed by atoms with Crippen LogP contribution in [0.15, 0.2) is 35.1 Å². The molecule has 0 saturated carbocycles. The van der Waals surface area contributed by atoms with Crippen molar-refractivity contribution in [1.29, 1.82) is 0 Å². The van der Waals surface area contributed by atoms with Crippen LogP contribution in [0.3, 0.4) is 0 Å². The number of nitrogens with zero attached hydrogens (tertiary/aromatic N) is 2. The van der Waals surface area contributed by atoms with Gasteiger partial charge in [0.25, 0.3) is 0 Å². The number of anilines is 2. The minimum Gasteiger partial charge on any atom is -0.399 e. The Kier molecular flexibility index (Phi) is 2.55. The summed E-state index contributed by atoms with van der Waals surface area (Å²) in [5, 5.41) is 0. The van der Waals surface area contributed by atoms with Crippen molar-refractivity contribution in [1.82, 2.24) is 9.97 Å². The molecule has 1 aromatic heterocycles. The maximum Gasteiger partial charge on any atom is 0.150 e. The molecule has 1 aromatic carbocycles. The average molecular weight is 265 g/mol. The van der Waals surface area contributed by atoms with Gasteiger partial charge in [-0.2, -0.15) is 0 Å². The van der Waals surface area contributed by atoms with Gasteiger partial charge in [-0.15, -0.1) is 0 Å². The third-order valence-electron chi connectivity index (χ3n) is 1.96. The van der Waals surface area contributed by atoms with E-state index in [1.54, 1.807) is 18.3 Å². The summed E-state index contributed by atoms with van der Waals surface area (Å²) in [7, 11) is 0. The van der Waals surface area contributed by atoms with Crippen molar-refractivity contribution in [2.45, 2.75) is 0 Å². The standard InChI is InChI=1S/C10H9BrN4/c11-8-5-14-10(13)9(15-8)6-1-3-7(12)4-2-6/h1-5H,12H2,(H2,13,14). The zero-order valence-electron chi connectivity index (χ0n) is 7.81. The molecule has 1 heterocycles. The fourth-order valence-corrected chi connectivity index (χ4v) is 1.51. The van der Waals surface area contributed by atoms with E-state index in [1.807, 2.05) is 12.1 Å². The van der Waals surface area contributed by atoms with Crippen LogP contribution >= 0.6 is 15.9 Å². The second-order valence-corrected chi connectivity index (χ2v) is 3.86. The van der Waals surface area contributed by atoms with Crippen molar-refractivity contribution < 1.29 is 0 Å². The van der Waals surface area contributed by atoms with Gasteiger partial charge >= 0.3 is 0 Å². The Labute approximate surface area is 95.5 Å². The third kappa shape index (κ3) is 2.07. The highest BCUT2D eigenvalue weighted by Gasteiger charge is 2.05. The maximum absolute atomic E-state index is 5.73. The first-order valence-corrected chi connectivity index (χ1v) is 5.10. The lowest BCUT2D eigenvalue weighted by Crippen LogP contribution is -1.97. The van der Waals surface area contributed by atoms with Gasteiger partial charge in [0.1, 0.15) is 16.1 Å². The van der Waals surface area contributed by atoms with E-state index in [1.165, 1.54) is 0 Å². The van der Waals surface area contributed by atoms with Crippen LogP contribution in [0.4, 0.5) is 11.5 Å². The predicted molar refractivity (Wildman–Crippen MR) is 64.0 cm³/mol. The first-order chi connectivity index (χ1) is 7.16. The molecule has 0 atom stereocenters. The van der Waals surface area contributed by atoms with Crippen molar-refractivity contribution in [3.63, 3.8) is 0 Å². The summed E-state index contributed by atoms with van der Waals surface area (Å²) in [6, 6.07) is 7.33. The Bertz CT molecular complexity index is 481. The number of hydrogen-bond donors (Lipinski definition) is 2. The number of nitrogen functional groups attached to an aromatic ring is 2. The first kappa shape index (κ1) is 9.92. The Morgan fingerprint density at radius 1 is 1.07 bits per heavy atom. The SMILES string of the molecule is Nc1ccc(-c2nc(Br)cnc2N)cc1. The summed E-state index contributed by atoms with van der Waals surface area (Å²) in [4.78, 5) is 8.28. The quantitative estimate of drug-likeness (QED) is 0.774. The largest absolute Gasteiger partial charge is 0.399 e. The van der Waals surface area contributed by atoms with Gasteiger partial charge in [-0.1, -0.05) is 12.1 Å². The molecule has 76 valence electrons. The van der Waals surface area contributed by atoms with Crippen LogP contribution in [-0.4, -0.2) is 9.97 Å². The van der Waals surface area contributed by atoms with Crippen LogP contribution in [-0.2, 0) is 0 Å². The van der Waals surface area contributed by atoms with Crippen LogP contribution in [0.1, 0.15) is 0 Å². The molecule has 4 nitrogen and oxygen atoms in total. The zero-order chi connectivity index (χ0) is 10.8. The van der Waals surface area contributed by atoms with Crippen molar-refractivity contribution in [3.05, 3.63) is 35.1 Å². The van der Waals surface area contributed by atoms with Crippen LogP contribution in [0.25, 0.3) is 11.3 Å². The number of halogens is 1. The van der Waals surface area contributed by atoms with Gasteiger partial charge in [-0.25, -0.2) is 9.97 Å². The second kappa shape index (κ2) is 3.86. The number of benzene rings is 1. The topological polar surface area (TPSA) is 77.8 Å². The molecule has 0 aliphatic rings. The molecule has 0 unspecified atom stereocenters. The van der Waals surface area contributed by atoms with E-state index in [9.17, 15) is 0 Å². The second-order valence-electron chi connectivity index (χ2n) is 3.05. The average Bonchev–Trinajstić information content (AvgIpc) is 2.23. The molecule has 2 rings (SSSR count). The van der Waals surface area contributed by atoms with Crippen LogP contribution in [0.5, 0.6) is 0 Å².